The van der Waals surface area contributed by atoms with Gasteiger partial charge in [-0.25, -0.2) is 0 Å². The molecular weight excluding hydrogens is 344 g/mol. The third-order valence-corrected chi connectivity index (χ3v) is 3.57. The van der Waals surface area contributed by atoms with Gasteiger partial charge in [-0.15, -0.1) is 0 Å². The van der Waals surface area contributed by atoms with E-state index in [1.54, 1.807) is 32.2 Å². The van der Waals surface area contributed by atoms with Crippen molar-refractivity contribution in [2.45, 2.75) is 13.0 Å². The highest BCUT2D eigenvalue weighted by Gasteiger charge is 2.16. The molecule has 2 rings (SSSR count). The van der Waals surface area contributed by atoms with Crippen molar-refractivity contribution in [2.75, 3.05) is 19.5 Å². The summed E-state index contributed by atoms with van der Waals surface area (Å²) in [5.74, 6) is 0.788. The Labute approximate surface area is 151 Å². The Morgan fingerprint density at radius 2 is 1.88 bits per heavy atom. The molecule has 0 fully saturated rings. The molecule has 2 aromatic carbocycles. The van der Waals surface area contributed by atoms with Gasteiger partial charge < -0.3 is 19.6 Å². The van der Waals surface area contributed by atoms with Gasteiger partial charge in [-0.05, 0) is 37.3 Å². The summed E-state index contributed by atoms with van der Waals surface area (Å²) in [4.78, 5) is 17.4. The van der Waals surface area contributed by atoms with Crippen LogP contribution < -0.4 is 14.8 Å². The molecule has 132 valence electrons. The van der Waals surface area contributed by atoms with E-state index in [2.05, 4.69) is 10.5 Å². The number of para-hydroxylation sites is 1. The second kappa shape index (κ2) is 8.94. The van der Waals surface area contributed by atoms with Gasteiger partial charge in [0.05, 0.1) is 26.1 Å². The van der Waals surface area contributed by atoms with Gasteiger partial charge >= 0.3 is 0 Å². The predicted octanol–water partition coefficient (Wildman–Crippen LogP) is 3.73. The zero-order chi connectivity index (χ0) is 18.2. The van der Waals surface area contributed by atoms with Crippen LogP contribution in [0.2, 0.25) is 5.02 Å². The van der Waals surface area contributed by atoms with Crippen molar-refractivity contribution in [3.63, 3.8) is 0 Å². The molecule has 0 spiro atoms. The lowest BCUT2D eigenvalue weighted by atomic mass is 10.2. The van der Waals surface area contributed by atoms with Crippen molar-refractivity contribution in [2.24, 2.45) is 5.16 Å². The summed E-state index contributed by atoms with van der Waals surface area (Å²) in [6.45, 7) is 1.59. The van der Waals surface area contributed by atoms with E-state index in [0.29, 0.717) is 22.2 Å². The minimum absolute atomic E-state index is 0.377. The Morgan fingerprint density at radius 3 is 2.60 bits per heavy atom. The number of anilines is 1. The highest BCUT2D eigenvalue weighted by atomic mass is 35.5. The number of benzene rings is 2. The number of methoxy groups -OCH3 is 2. The smallest absolute Gasteiger partial charge is 0.268 e. The molecule has 0 aromatic heterocycles. The highest BCUT2D eigenvalue weighted by molar-refractivity contribution is 6.31. The van der Waals surface area contributed by atoms with E-state index in [-0.39, 0.29) is 5.91 Å². The van der Waals surface area contributed by atoms with Gasteiger partial charge in [0.1, 0.15) is 11.5 Å². The predicted molar refractivity (Wildman–Crippen MR) is 97.8 cm³/mol. The van der Waals surface area contributed by atoms with E-state index >= 15 is 0 Å². The first-order chi connectivity index (χ1) is 12.0. The summed E-state index contributed by atoms with van der Waals surface area (Å²) in [5.41, 5.74) is 1.21. The summed E-state index contributed by atoms with van der Waals surface area (Å²) in [6.07, 6.45) is 0.678. The Hall–Kier alpha value is -2.73. The maximum atomic E-state index is 12.2. The summed E-state index contributed by atoms with van der Waals surface area (Å²) >= 11 is 5.94. The maximum Gasteiger partial charge on any atom is 0.268 e. The number of hydrogen-bond donors (Lipinski definition) is 1. The third-order valence-electron chi connectivity index (χ3n) is 3.34. The largest absolute Gasteiger partial charge is 0.496 e. The van der Waals surface area contributed by atoms with Crippen LogP contribution in [0.1, 0.15) is 12.5 Å². The van der Waals surface area contributed by atoms with Gasteiger partial charge in [-0.2, -0.15) is 0 Å². The Kier molecular flexibility index (Phi) is 6.65. The molecule has 6 nitrogen and oxygen atoms in total. The average molecular weight is 363 g/mol. The van der Waals surface area contributed by atoms with Crippen LogP contribution in [-0.4, -0.2) is 32.4 Å². The molecule has 7 heteroatoms. The standard InChI is InChI=1S/C18H19ClN2O4/c1-12(25-20-11-13-6-4-5-7-16(13)23-2)18(22)21-15-10-14(19)8-9-17(15)24-3/h4-12H,1-3H3,(H,21,22)/b20-11-/t12-/m0/s1. The van der Waals surface area contributed by atoms with Crippen molar-refractivity contribution in [3.05, 3.63) is 53.1 Å². The van der Waals surface area contributed by atoms with E-state index in [1.165, 1.54) is 13.3 Å². The van der Waals surface area contributed by atoms with Crippen molar-refractivity contribution < 1.29 is 19.1 Å². The van der Waals surface area contributed by atoms with Crippen molar-refractivity contribution in [3.8, 4) is 11.5 Å². The fraction of sp³-hybridized carbons (Fsp3) is 0.222. The van der Waals surface area contributed by atoms with E-state index in [9.17, 15) is 4.79 Å². The molecule has 2 aromatic rings. The number of halogens is 1. The number of nitrogens with one attached hydrogen (secondary N) is 1. The molecule has 0 heterocycles. The number of ether oxygens (including phenoxy) is 2. The summed E-state index contributed by atoms with van der Waals surface area (Å²) in [5, 5.41) is 7.04. The van der Waals surface area contributed by atoms with Crippen molar-refractivity contribution >= 4 is 29.4 Å². The number of carbonyl (C=O) groups excluding carboxylic acids is 1. The van der Waals surface area contributed by atoms with Crippen LogP contribution in [0.4, 0.5) is 5.69 Å². The third kappa shape index (κ3) is 5.12. The van der Waals surface area contributed by atoms with Crippen LogP contribution in [0.3, 0.4) is 0 Å². The number of hydrogen-bond acceptors (Lipinski definition) is 5. The van der Waals surface area contributed by atoms with Crippen molar-refractivity contribution in [1.82, 2.24) is 0 Å². The van der Waals surface area contributed by atoms with Crippen LogP contribution in [0.15, 0.2) is 47.6 Å². The van der Waals surface area contributed by atoms with E-state index < -0.39 is 6.10 Å². The first kappa shape index (κ1) is 18.6. The number of rotatable bonds is 7. The monoisotopic (exact) mass is 362 g/mol. The fourth-order valence-corrected chi connectivity index (χ4v) is 2.18. The lowest BCUT2D eigenvalue weighted by Crippen LogP contribution is -2.26. The van der Waals surface area contributed by atoms with Crippen LogP contribution in [-0.2, 0) is 9.63 Å². The van der Waals surface area contributed by atoms with Gasteiger partial charge in [-0.1, -0.05) is 28.9 Å². The lowest BCUT2D eigenvalue weighted by molar-refractivity contribution is -0.126. The topological polar surface area (TPSA) is 69.2 Å². The lowest BCUT2D eigenvalue weighted by Gasteiger charge is -2.13. The summed E-state index contributed by atoms with van der Waals surface area (Å²) in [7, 11) is 3.08. The number of nitrogens with zero attached hydrogens (tertiary/aromatic N) is 1. The molecule has 25 heavy (non-hydrogen) atoms. The second-order valence-corrected chi connectivity index (χ2v) is 5.49. The van der Waals surface area contributed by atoms with E-state index in [1.807, 2.05) is 24.3 Å². The molecule has 0 unspecified atom stereocenters. The van der Waals surface area contributed by atoms with Gasteiger partial charge in [0.2, 0.25) is 6.10 Å². The molecule has 1 amide bonds. The molecule has 0 aliphatic rings. The summed E-state index contributed by atoms with van der Waals surface area (Å²) < 4.78 is 10.4. The first-order valence-electron chi connectivity index (χ1n) is 7.51. The first-order valence-corrected chi connectivity index (χ1v) is 7.89. The van der Waals surface area contributed by atoms with Crippen LogP contribution in [0, 0.1) is 0 Å². The van der Waals surface area contributed by atoms with Gasteiger partial charge in [0.15, 0.2) is 0 Å². The molecule has 1 atom stereocenters. The van der Waals surface area contributed by atoms with Crippen molar-refractivity contribution in [1.29, 1.82) is 0 Å². The second-order valence-electron chi connectivity index (χ2n) is 5.06. The molecule has 0 bridgehead atoms. The molecule has 1 N–H and O–H groups in total. The molecule has 0 aliphatic heterocycles. The Bertz CT molecular complexity index is 764. The van der Waals surface area contributed by atoms with Gasteiger partial charge in [0, 0.05) is 10.6 Å². The minimum Gasteiger partial charge on any atom is -0.496 e. The fourth-order valence-electron chi connectivity index (χ4n) is 2.01. The summed E-state index contributed by atoms with van der Waals surface area (Å²) in [6, 6.07) is 12.3. The number of oxime groups is 1. The molecule has 0 saturated heterocycles. The zero-order valence-corrected chi connectivity index (χ0v) is 14.9. The zero-order valence-electron chi connectivity index (χ0n) is 14.2. The average Bonchev–Trinajstić information content (AvgIpc) is 2.62. The minimum atomic E-state index is -0.811. The Morgan fingerprint density at radius 1 is 1.16 bits per heavy atom. The van der Waals surface area contributed by atoms with Crippen LogP contribution in [0.25, 0.3) is 0 Å². The van der Waals surface area contributed by atoms with Crippen LogP contribution >= 0.6 is 11.6 Å². The highest BCUT2D eigenvalue weighted by Crippen LogP contribution is 2.27. The number of carbonyl (C=O) groups is 1. The SMILES string of the molecule is COc1ccccc1/C=N\O[C@@H](C)C(=O)Nc1cc(Cl)ccc1OC. The number of amides is 1. The Balaban J connectivity index is 1.99. The molecule has 0 saturated carbocycles. The quantitative estimate of drug-likeness (QED) is 0.601. The molecular formula is C18H19ClN2O4. The van der Waals surface area contributed by atoms with E-state index in [4.69, 9.17) is 25.9 Å². The van der Waals surface area contributed by atoms with Gasteiger partial charge in [0.25, 0.3) is 5.91 Å². The van der Waals surface area contributed by atoms with Gasteiger partial charge in [-0.3, -0.25) is 4.79 Å². The van der Waals surface area contributed by atoms with E-state index in [0.717, 1.165) is 5.56 Å². The van der Waals surface area contributed by atoms with Crippen LogP contribution in [0.5, 0.6) is 11.5 Å². The normalized spacial score (nSPS) is 11.8. The molecule has 0 radical (unpaired) electrons. The maximum absolute atomic E-state index is 12.2. The molecule has 0 aliphatic carbocycles.